The summed E-state index contributed by atoms with van der Waals surface area (Å²) in [5.41, 5.74) is -0.505. The fourth-order valence-corrected chi connectivity index (χ4v) is 6.57. The van der Waals surface area contributed by atoms with Crippen LogP contribution >= 0.6 is 11.6 Å². The van der Waals surface area contributed by atoms with Gasteiger partial charge in [-0.1, -0.05) is 17.7 Å². The summed E-state index contributed by atoms with van der Waals surface area (Å²) in [6.07, 6.45) is 5.81. The first kappa shape index (κ1) is 19.5. The molecule has 4 saturated carbocycles. The van der Waals surface area contributed by atoms with Crippen molar-refractivity contribution >= 4 is 28.9 Å². The van der Waals surface area contributed by atoms with Crippen LogP contribution in [0.25, 0.3) is 0 Å². The van der Waals surface area contributed by atoms with Crippen LogP contribution in [0.3, 0.4) is 0 Å². The Morgan fingerprint density at radius 2 is 2.00 bits per heavy atom. The van der Waals surface area contributed by atoms with Gasteiger partial charge in [0.15, 0.2) is 0 Å². The lowest BCUT2D eigenvalue weighted by molar-refractivity contribution is -0.173. The number of carboxylic acid groups (broad SMARTS) is 1. The van der Waals surface area contributed by atoms with Gasteiger partial charge in [0, 0.05) is 5.69 Å². The molecule has 6 rings (SSSR count). The molecule has 1 aromatic carbocycles. The number of hydrogen-bond donors (Lipinski definition) is 2. The molecule has 1 heterocycles. The molecule has 1 aromatic heterocycles. The molecule has 2 N–H and O–H groups in total. The number of carbonyl (C=O) groups is 1. The summed E-state index contributed by atoms with van der Waals surface area (Å²) in [7, 11) is 0. The van der Waals surface area contributed by atoms with E-state index in [1.807, 2.05) is 0 Å². The maximum Gasteiger partial charge on any atom is 0.309 e. The van der Waals surface area contributed by atoms with Gasteiger partial charge in [0.05, 0.1) is 22.8 Å². The molecule has 8 heteroatoms. The maximum absolute atomic E-state index is 13.8. The van der Waals surface area contributed by atoms with Gasteiger partial charge in [-0.25, -0.2) is 9.07 Å². The van der Waals surface area contributed by atoms with Crippen molar-refractivity contribution in [3.05, 3.63) is 51.2 Å². The van der Waals surface area contributed by atoms with Crippen molar-refractivity contribution in [3.63, 3.8) is 0 Å². The van der Waals surface area contributed by atoms with Gasteiger partial charge in [-0.3, -0.25) is 9.59 Å². The van der Waals surface area contributed by atoms with Crippen molar-refractivity contribution < 1.29 is 14.3 Å². The number of hydrogen-bond acceptors (Lipinski definition) is 4. The Balaban J connectivity index is 1.52. The van der Waals surface area contributed by atoms with Gasteiger partial charge in [-0.15, -0.1) is 0 Å². The van der Waals surface area contributed by atoms with Crippen LogP contribution in [0.4, 0.5) is 15.8 Å². The molecule has 6 nitrogen and oxygen atoms in total. The molecule has 2 atom stereocenters. The third-order valence-corrected chi connectivity index (χ3v) is 7.67. The van der Waals surface area contributed by atoms with Gasteiger partial charge in [0.2, 0.25) is 0 Å². The molecule has 0 saturated heterocycles. The van der Waals surface area contributed by atoms with Crippen molar-refractivity contribution in [2.75, 3.05) is 5.32 Å². The molecular formula is C22H23ClFN3O3. The van der Waals surface area contributed by atoms with E-state index >= 15 is 0 Å². The third-order valence-electron chi connectivity index (χ3n) is 7.30. The van der Waals surface area contributed by atoms with Crippen molar-refractivity contribution in [2.24, 2.45) is 17.3 Å². The van der Waals surface area contributed by atoms with Crippen LogP contribution in [0.15, 0.2) is 29.2 Å². The topological polar surface area (TPSA) is 84.2 Å². The summed E-state index contributed by atoms with van der Waals surface area (Å²) in [6, 6.07) is 4.68. The van der Waals surface area contributed by atoms with Gasteiger partial charge in [-0.05, 0) is 75.0 Å². The first-order chi connectivity index (χ1) is 14.2. The Bertz CT molecular complexity index is 1100. The number of rotatable bonds is 4. The second kappa shape index (κ2) is 6.54. The van der Waals surface area contributed by atoms with Gasteiger partial charge in [-0.2, -0.15) is 5.10 Å². The first-order valence-corrected chi connectivity index (χ1v) is 10.6. The summed E-state index contributed by atoms with van der Waals surface area (Å²) in [5, 5.41) is 17.3. The number of benzene rings is 1. The maximum atomic E-state index is 13.8. The van der Waals surface area contributed by atoms with Crippen molar-refractivity contribution in [2.45, 2.75) is 51.0 Å². The number of carboxylic acids is 1. The van der Waals surface area contributed by atoms with Crippen LogP contribution < -0.4 is 10.9 Å². The molecule has 4 fully saturated rings. The van der Waals surface area contributed by atoms with Crippen LogP contribution in [-0.4, -0.2) is 20.9 Å². The highest BCUT2D eigenvalue weighted by atomic mass is 35.5. The van der Waals surface area contributed by atoms with Crippen LogP contribution in [0.1, 0.15) is 44.1 Å². The molecule has 4 bridgehead atoms. The minimum Gasteiger partial charge on any atom is -0.481 e. The average molecular weight is 432 g/mol. The predicted octanol–water partition coefficient (Wildman–Crippen LogP) is 4.47. The number of anilines is 2. The largest absolute Gasteiger partial charge is 0.481 e. The molecule has 0 aliphatic heterocycles. The molecular weight excluding hydrogens is 409 g/mol. The van der Waals surface area contributed by atoms with Crippen molar-refractivity contribution in [1.82, 2.24) is 9.78 Å². The molecule has 0 radical (unpaired) electrons. The monoisotopic (exact) mass is 431 g/mol. The number of nitrogens with zero attached hydrogens (tertiary/aromatic N) is 2. The Morgan fingerprint density at radius 1 is 1.30 bits per heavy atom. The Morgan fingerprint density at radius 3 is 2.63 bits per heavy atom. The van der Waals surface area contributed by atoms with E-state index < -0.39 is 22.5 Å². The normalized spacial score (nSPS) is 31.7. The molecule has 2 aromatic rings. The Kier molecular flexibility index (Phi) is 4.26. The van der Waals surface area contributed by atoms with Crippen LogP contribution in [0.5, 0.6) is 0 Å². The van der Waals surface area contributed by atoms with Crippen molar-refractivity contribution in [3.8, 4) is 0 Å². The number of halogens is 2. The summed E-state index contributed by atoms with van der Waals surface area (Å²) in [6.45, 7) is 1.67. The number of aromatic nitrogens is 2. The molecule has 0 spiro atoms. The van der Waals surface area contributed by atoms with Crippen LogP contribution in [0, 0.1) is 30.0 Å². The second-order valence-corrected chi connectivity index (χ2v) is 9.83. The average Bonchev–Trinajstić information content (AvgIpc) is 2.67. The highest BCUT2D eigenvalue weighted by Gasteiger charge is 2.62. The Hall–Kier alpha value is -2.41. The molecule has 2 unspecified atom stereocenters. The van der Waals surface area contributed by atoms with E-state index in [0.717, 1.165) is 19.3 Å². The SMILES string of the molecule is Cc1ccc(Nc2cnn(C34CC5CC(CC(C(=O)O)(C5)C3)C4)c(=O)c2Cl)cc1F. The highest BCUT2D eigenvalue weighted by Crippen LogP contribution is 2.63. The standard InChI is InChI=1S/C22H23ClFN3O3/c1-12-2-3-15(5-16(12)24)26-17-10-25-27(19(28)18(17)23)22-8-13-4-14(9-22)7-21(6-13,11-22)20(29)30/h2-3,5,10,13-14,26H,4,6-9,11H2,1H3,(H,29,30). The van der Waals surface area contributed by atoms with E-state index in [1.54, 1.807) is 19.1 Å². The summed E-state index contributed by atoms with van der Waals surface area (Å²) < 4.78 is 15.3. The third kappa shape index (κ3) is 2.86. The van der Waals surface area contributed by atoms with Gasteiger partial charge in [0.25, 0.3) is 5.56 Å². The van der Waals surface area contributed by atoms with Crippen LogP contribution in [0.2, 0.25) is 5.02 Å². The molecule has 30 heavy (non-hydrogen) atoms. The summed E-state index contributed by atoms with van der Waals surface area (Å²) >= 11 is 6.41. The summed E-state index contributed by atoms with van der Waals surface area (Å²) in [4.78, 5) is 25.3. The van der Waals surface area contributed by atoms with E-state index in [4.69, 9.17) is 11.6 Å². The van der Waals surface area contributed by atoms with E-state index in [0.29, 0.717) is 48.0 Å². The first-order valence-electron chi connectivity index (χ1n) is 10.3. The van der Waals surface area contributed by atoms with Gasteiger partial charge >= 0.3 is 5.97 Å². The zero-order chi connectivity index (χ0) is 21.3. The zero-order valence-corrected chi connectivity index (χ0v) is 17.4. The minimum atomic E-state index is -0.770. The number of aryl methyl sites for hydroxylation is 1. The highest BCUT2D eigenvalue weighted by molar-refractivity contribution is 6.33. The zero-order valence-electron chi connectivity index (χ0n) is 16.6. The van der Waals surface area contributed by atoms with Crippen molar-refractivity contribution in [1.29, 1.82) is 0 Å². The fraction of sp³-hybridized carbons (Fsp3) is 0.500. The molecule has 4 aliphatic rings. The Labute approximate surface area is 178 Å². The van der Waals surface area contributed by atoms with Gasteiger partial charge < -0.3 is 10.4 Å². The van der Waals surface area contributed by atoms with E-state index in [-0.39, 0.29) is 10.8 Å². The number of nitrogens with one attached hydrogen (secondary N) is 1. The lowest BCUT2D eigenvalue weighted by atomic mass is 9.47. The lowest BCUT2D eigenvalue weighted by Crippen LogP contribution is -2.61. The van der Waals surface area contributed by atoms with E-state index in [1.165, 1.54) is 16.9 Å². The predicted molar refractivity (Wildman–Crippen MR) is 111 cm³/mol. The van der Waals surface area contributed by atoms with Gasteiger partial charge in [0.1, 0.15) is 10.8 Å². The lowest BCUT2D eigenvalue weighted by Gasteiger charge is -2.60. The fourth-order valence-electron chi connectivity index (χ4n) is 6.40. The van der Waals surface area contributed by atoms with E-state index in [2.05, 4.69) is 10.4 Å². The van der Waals surface area contributed by atoms with Crippen LogP contribution in [-0.2, 0) is 10.3 Å². The molecule has 4 aliphatic carbocycles. The second-order valence-electron chi connectivity index (χ2n) is 9.45. The quantitative estimate of drug-likeness (QED) is 0.746. The van der Waals surface area contributed by atoms with E-state index in [9.17, 15) is 19.1 Å². The number of aliphatic carboxylic acids is 1. The molecule has 158 valence electrons. The molecule has 0 amide bonds. The minimum absolute atomic E-state index is 0.0221. The summed E-state index contributed by atoms with van der Waals surface area (Å²) in [5.74, 6) is -0.531. The smallest absolute Gasteiger partial charge is 0.309 e.